The Kier molecular flexibility index (Phi) is 15.3. The van der Waals surface area contributed by atoms with Crippen LogP contribution >= 0.6 is 0 Å². The number of nitrogens with two attached hydrogens (primary N) is 1. The molecule has 0 heterocycles. The van der Waals surface area contributed by atoms with Gasteiger partial charge in [0.2, 0.25) is 0 Å². The van der Waals surface area contributed by atoms with E-state index in [4.69, 9.17) is 34.2 Å². The lowest BCUT2D eigenvalue weighted by atomic mass is 9.79. The number of benzene rings is 1. The first-order valence-electron chi connectivity index (χ1n) is 14.7. The molecule has 0 saturated heterocycles. The summed E-state index contributed by atoms with van der Waals surface area (Å²) >= 11 is 0. The van der Waals surface area contributed by atoms with Crippen LogP contribution in [0.2, 0.25) is 0 Å². The van der Waals surface area contributed by atoms with E-state index in [1.54, 1.807) is 27.7 Å². The van der Waals surface area contributed by atoms with Crippen molar-refractivity contribution in [3.05, 3.63) is 23.8 Å². The molecule has 0 fully saturated rings. The number of carboxylic acid groups (broad SMARTS) is 1. The highest BCUT2D eigenvalue weighted by Crippen LogP contribution is 2.37. The fraction of sp³-hybridized carbons (Fsp3) is 0.677. The van der Waals surface area contributed by atoms with Crippen LogP contribution in [0.25, 0.3) is 0 Å². The van der Waals surface area contributed by atoms with Crippen molar-refractivity contribution in [2.24, 2.45) is 29.4 Å². The monoisotopic (exact) mass is 611 g/mol. The summed E-state index contributed by atoms with van der Waals surface area (Å²) in [5.74, 6) is -3.10. The van der Waals surface area contributed by atoms with Crippen molar-refractivity contribution < 1.29 is 52.7 Å². The number of carboxylic acids is 1. The largest absolute Gasteiger partial charge is 0.514 e. The van der Waals surface area contributed by atoms with Crippen LogP contribution in [0.4, 0.5) is 14.4 Å². The number of rotatable bonds is 15. The minimum absolute atomic E-state index is 0.000685. The Hall–Kier alpha value is -3.54. The summed E-state index contributed by atoms with van der Waals surface area (Å²) in [5.41, 5.74) is 6.44. The number of carbonyl (C=O) groups excluding carboxylic acids is 3. The van der Waals surface area contributed by atoms with E-state index in [-0.39, 0.29) is 35.9 Å². The third kappa shape index (κ3) is 12.3. The van der Waals surface area contributed by atoms with Crippen molar-refractivity contribution in [2.75, 3.05) is 6.61 Å². The van der Waals surface area contributed by atoms with E-state index in [1.165, 1.54) is 18.2 Å². The number of ether oxygens (including phenoxy) is 6. The highest BCUT2D eigenvalue weighted by atomic mass is 16.8. The van der Waals surface area contributed by atoms with Gasteiger partial charge in [0, 0.05) is 11.8 Å². The minimum atomic E-state index is -1.44. The van der Waals surface area contributed by atoms with E-state index in [0.717, 1.165) is 6.42 Å². The molecule has 12 heteroatoms. The summed E-state index contributed by atoms with van der Waals surface area (Å²) in [4.78, 5) is 49.5. The van der Waals surface area contributed by atoms with Gasteiger partial charge in [-0.1, -0.05) is 61.0 Å². The van der Waals surface area contributed by atoms with Crippen molar-refractivity contribution in [3.63, 3.8) is 0 Å². The molecule has 0 aliphatic rings. The minimum Gasteiger partial charge on any atom is -0.480 e. The lowest BCUT2D eigenvalue weighted by Gasteiger charge is -2.31. The van der Waals surface area contributed by atoms with Crippen molar-refractivity contribution in [2.45, 2.75) is 106 Å². The molecular weight excluding hydrogens is 562 g/mol. The van der Waals surface area contributed by atoms with Gasteiger partial charge >= 0.3 is 24.4 Å². The van der Waals surface area contributed by atoms with E-state index >= 15 is 0 Å². The molecule has 1 aromatic rings. The van der Waals surface area contributed by atoms with Crippen LogP contribution in [-0.4, -0.2) is 60.5 Å². The molecule has 12 nitrogen and oxygen atoms in total. The molecular formula is C31H49NO11. The Labute approximate surface area is 254 Å². The first kappa shape index (κ1) is 37.5. The fourth-order valence-corrected chi connectivity index (χ4v) is 3.60. The molecule has 3 N–H and O–H groups in total. The Morgan fingerprint density at radius 3 is 1.70 bits per heavy atom. The molecule has 0 bridgehead atoms. The van der Waals surface area contributed by atoms with E-state index in [9.17, 15) is 24.3 Å². The Balaban J connectivity index is 3.42. The average molecular weight is 612 g/mol. The SMILES string of the molecule is CCC(C)COC(=O)OC(C)C(C)C(c1ccc(OC(=O)OC(C)C(C)C)c(OC(=O)OC(C)C(C)C)c1)[C@H](N)C(=O)O. The Morgan fingerprint density at radius 1 is 0.744 bits per heavy atom. The maximum atomic E-state index is 12.6. The van der Waals surface area contributed by atoms with Gasteiger partial charge in [0.05, 0.1) is 6.61 Å². The van der Waals surface area contributed by atoms with Crippen LogP contribution in [-0.2, 0) is 23.7 Å². The summed E-state index contributed by atoms with van der Waals surface area (Å²) < 4.78 is 32.0. The van der Waals surface area contributed by atoms with Gasteiger partial charge < -0.3 is 39.3 Å². The first-order chi connectivity index (χ1) is 20.0. The average Bonchev–Trinajstić information content (AvgIpc) is 2.92. The van der Waals surface area contributed by atoms with E-state index in [0.29, 0.717) is 5.56 Å². The second-order valence-corrected chi connectivity index (χ2v) is 11.7. The van der Waals surface area contributed by atoms with Gasteiger partial charge in [-0.2, -0.15) is 0 Å². The normalized spacial score (nSPS) is 16.2. The van der Waals surface area contributed by atoms with Crippen LogP contribution in [0.5, 0.6) is 11.5 Å². The van der Waals surface area contributed by atoms with Crippen LogP contribution in [0, 0.1) is 23.7 Å². The van der Waals surface area contributed by atoms with Crippen LogP contribution < -0.4 is 15.2 Å². The fourth-order valence-electron chi connectivity index (χ4n) is 3.60. The molecule has 1 aromatic carbocycles. The third-order valence-electron chi connectivity index (χ3n) is 7.62. The topological polar surface area (TPSA) is 170 Å². The van der Waals surface area contributed by atoms with E-state index < -0.39 is 60.6 Å². The first-order valence-corrected chi connectivity index (χ1v) is 14.7. The zero-order valence-electron chi connectivity index (χ0n) is 26.9. The third-order valence-corrected chi connectivity index (χ3v) is 7.62. The molecule has 7 atom stereocenters. The predicted molar refractivity (Wildman–Crippen MR) is 158 cm³/mol. The summed E-state index contributed by atoms with van der Waals surface area (Å²) in [5, 5.41) is 9.82. The molecule has 0 saturated carbocycles. The molecule has 0 amide bonds. The summed E-state index contributed by atoms with van der Waals surface area (Å²) in [6.07, 6.45) is -3.89. The van der Waals surface area contributed by atoms with Gasteiger partial charge in [0.25, 0.3) is 0 Å². The van der Waals surface area contributed by atoms with Gasteiger partial charge in [-0.3, -0.25) is 4.79 Å². The zero-order chi connectivity index (χ0) is 33.0. The highest BCUT2D eigenvalue weighted by Gasteiger charge is 2.36. The summed E-state index contributed by atoms with van der Waals surface area (Å²) in [6, 6.07) is 2.72. The lowest BCUT2D eigenvalue weighted by molar-refractivity contribution is -0.139. The summed E-state index contributed by atoms with van der Waals surface area (Å²) in [6.45, 7) is 18.2. The number of aliphatic carboxylic acids is 1. The standard InChI is InChI=1S/C31H49NO11/c1-11-18(6)15-38-29(35)41-22(10)19(7)26(27(32)28(33)34)23-12-13-24(42-30(36)39-20(8)16(2)3)25(14-23)43-31(37)40-21(9)17(4)5/h12-14,16-22,26-27H,11,15,32H2,1-10H3,(H,33,34)/t18?,19?,20?,21?,22?,26?,27-/m0/s1. The number of carbonyl (C=O) groups is 4. The number of hydrogen-bond donors (Lipinski definition) is 2. The maximum absolute atomic E-state index is 12.6. The molecule has 0 aromatic heterocycles. The maximum Gasteiger partial charge on any atom is 0.514 e. The molecule has 0 radical (unpaired) electrons. The van der Waals surface area contributed by atoms with Gasteiger partial charge in [0.15, 0.2) is 11.5 Å². The highest BCUT2D eigenvalue weighted by molar-refractivity contribution is 5.75. The van der Waals surface area contributed by atoms with Gasteiger partial charge in [0.1, 0.15) is 24.4 Å². The van der Waals surface area contributed by atoms with Crippen molar-refractivity contribution in [1.82, 2.24) is 0 Å². The molecule has 1 rings (SSSR count). The molecule has 6 unspecified atom stereocenters. The quantitative estimate of drug-likeness (QED) is 0.125. The van der Waals surface area contributed by atoms with Crippen molar-refractivity contribution >= 4 is 24.4 Å². The molecule has 0 aliphatic carbocycles. The molecule has 0 aliphatic heterocycles. The number of hydrogen-bond acceptors (Lipinski definition) is 11. The van der Waals surface area contributed by atoms with Gasteiger partial charge in [-0.15, -0.1) is 0 Å². The molecule has 0 spiro atoms. The zero-order valence-corrected chi connectivity index (χ0v) is 26.9. The van der Waals surface area contributed by atoms with E-state index in [1.807, 2.05) is 41.5 Å². The Bertz CT molecular complexity index is 1070. The second-order valence-electron chi connectivity index (χ2n) is 11.7. The van der Waals surface area contributed by atoms with Gasteiger partial charge in [-0.05, 0) is 56.2 Å². The van der Waals surface area contributed by atoms with Crippen LogP contribution in [0.15, 0.2) is 18.2 Å². The smallest absolute Gasteiger partial charge is 0.480 e. The Morgan fingerprint density at radius 2 is 1.23 bits per heavy atom. The summed E-state index contributed by atoms with van der Waals surface area (Å²) in [7, 11) is 0. The van der Waals surface area contributed by atoms with Gasteiger partial charge in [-0.25, -0.2) is 14.4 Å². The predicted octanol–water partition coefficient (Wildman–Crippen LogP) is 6.53. The second kappa shape index (κ2) is 17.5. The van der Waals surface area contributed by atoms with Crippen molar-refractivity contribution in [1.29, 1.82) is 0 Å². The lowest BCUT2D eigenvalue weighted by Crippen LogP contribution is -2.42. The van der Waals surface area contributed by atoms with Crippen molar-refractivity contribution in [3.8, 4) is 11.5 Å². The van der Waals surface area contributed by atoms with Crippen LogP contribution in [0.1, 0.15) is 87.1 Å². The van der Waals surface area contributed by atoms with E-state index in [2.05, 4.69) is 0 Å². The van der Waals surface area contributed by atoms with Crippen LogP contribution in [0.3, 0.4) is 0 Å². The molecule has 43 heavy (non-hydrogen) atoms. The molecule has 244 valence electrons.